The van der Waals surface area contributed by atoms with Gasteiger partial charge in [-0.2, -0.15) is 0 Å². The van der Waals surface area contributed by atoms with Gasteiger partial charge in [0.25, 0.3) is 0 Å². The van der Waals surface area contributed by atoms with Gasteiger partial charge in [-0.3, -0.25) is 4.84 Å². The molecule has 27 heavy (non-hydrogen) atoms. The molecule has 0 amide bonds. The molecule has 4 rings (SSSR count). The van der Waals surface area contributed by atoms with Crippen LogP contribution in [-0.4, -0.2) is 32.3 Å². The maximum atomic E-state index is 5.69. The maximum absolute atomic E-state index is 5.69. The first-order chi connectivity index (χ1) is 13.1. The van der Waals surface area contributed by atoms with Crippen molar-refractivity contribution in [1.82, 2.24) is 25.1 Å². The van der Waals surface area contributed by atoms with Crippen LogP contribution in [0.2, 0.25) is 0 Å². The number of anilines is 1. The summed E-state index contributed by atoms with van der Waals surface area (Å²) >= 11 is 3.21. The number of aryl methyl sites for hydroxylation is 2. The second-order valence-electron chi connectivity index (χ2n) is 6.05. The fraction of sp³-hybridized carbons (Fsp3) is 0.278. The highest BCUT2D eigenvalue weighted by atomic mass is 32.1. The molecule has 0 radical (unpaired) electrons. The van der Waals surface area contributed by atoms with Crippen LogP contribution in [0.3, 0.4) is 0 Å². The molecule has 0 saturated heterocycles. The average molecular weight is 399 g/mol. The summed E-state index contributed by atoms with van der Waals surface area (Å²) in [5, 5.41) is 13.8. The maximum Gasteiger partial charge on any atom is 0.164 e. The van der Waals surface area contributed by atoms with E-state index in [1.54, 1.807) is 41.2 Å². The van der Waals surface area contributed by atoms with Crippen molar-refractivity contribution < 1.29 is 4.84 Å². The minimum absolute atomic E-state index is 0.134. The van der Waals surface area contributed by atoms with Crippen LogP contribution in [0.5, 0.6) is 0 Å². The zero-order chi connectivity index (χ0) is 19.0. The first-order valence-corrected chi connectivity index (χ1v) is 10.0. The lowest BCUT2D eigenvalue weighted by molar-refractivity contribution is 0.142. The number of nitrogens with zero attached hydrogens (tertiary/aromatic N) is 6. The molecule has 4 aromatic rings. The normalized spacial score (nSPS) is 12.4. The van der Waals surface area contributed by atoms with Crippen molar-refractivity contribution in [2.75, 3.05) is 12.2 Å². The molecular weight excluding hydrogens is 380 g/mol. The number of rotatable bonds is 5. The highest BCUT2D eigenvalue weighted by molar-refractivity contribution is 7.15. The lowest BCUT2D eigenvalue weighted by Crippen LogP contribution is -2.26. The number of aromatic nitrogens is 5. The predicted octanol–water partition coefficient (Wildman–Crippen LogP) is 4.35. The smallest absolute Gasteiger partial charge is 0.164 e. The number of hydrogen-bond donors (Lipinski definition) is 0. The molecule has 0 saturated carbocycles. The summed E-state index contributed by atoms with van der Waals surface area (Å²) < 4.78 is 0. The van der Waals surface area contributed by atoms with E-state index in [0.717, 1.165) is 31.5 Å². The van der Waals surface area contributed by atoms with Crippen LogP contribution in [0.4, 0.5) is 5.82 Å². The Morgan fingerprint density at radius 2 is 1.93 bits per heavy atom. The molecule has 0 fully saturated rings. The first-order valence-electron chi connectivity index (χ1n) is 8.37. The van der Waals surface area contributed by atoms with Gasteiger partial charge in [0.1, 0.15) is 27.4 Å². The third-order valence-electron chi connectivity index (χ3n) is 4.14. The molecule has 0 spiro atoms. The molecule has 0 N–H and O–H groups in total. The molecule has 9 heteroatoms. The Labute approximate surface area is 164 Å². The van der Waals surface area contributed by atoms with E-state index < -0.39 is 0 Å². The Balaban J connectivity index is 1.81. The van der Waals surface area contributed by atoms with E-state index in [2.05, 4.69) is 38.1 Å². The standard InChI is InChI=1S/C18H18N6OS2/c1-10-8-19-18(26-10)13-5-6-15-14(7-13)16(21-9-20-15)24(25-4)11(2)17-23-22-12(3)27-17/h5-9,11H,1-4H3. The van der Waals surface area contributed by atoms with E-state index in [-0.39, 0.29) is 6.04 Å². The lowest BCUT2D eigenvalue weighted by Gasteiger charge is -2.26. The first kappa shape index (κ1) is 17.9. The molecular formula is C18H18N6OS2. The van der Waals surface area contributed by atoms with Crippen molar-refractivity contribution in [1.29, 1.82) is 0 Å². The zero-order valence-corrected chi connectivity index (χ0v) is 17.0. The molecule has 0 aliphatic rings. The van der Waals surface area contributed by atoms with Crippen LogP contribution >= 0.6 is 22.7 Å². The second-order valence-corrected chi connectivity index (χ2v) is 8.50. The van der Waals surface area contributed by atoms with Crippen molar-refractivity contribution in [3.05, 3.63) is 45.6 Å². The number of hydrogen-bond acceptors (Lipinski definition) is 9. The van der Waals surface area contributed by atoms with Gasteiger partial charge < -0.3 is 0 Å². The number of fused-ring (bicyclic) bond motifs is 1. The summed E-state index contributed by atoms with van der Waals surface area (Å²) in [6, 6.07) is 5.95. The lowest BCUT2D eigenvalue weighted by atomic mass is 10.1. The number of thiazole rings is 1. The molecule has 0 aliphatic heterocycles. The third kappa shape index (κ3) is 3.41. The summed E-state index contributed by atoms with van der Waals surface area (Å²) in [4.78, 5) is 20.3. The molecule has 0 bridgehead atoms. The van der Waals surface area contributed by atoms with Gasteiger partial charge in [-0.1, -0.05) is 11.3 Å². The SMILES string of the molecule is CON(c1ncnc2ccc(-c3ncc(C)s3)cc12)C(C)c1nnc(C)s1. The quantitative estimate of drug-likeness (QED) is 0.463. The average Bonchev–Trinajstić information content (AvgIpc) is 3.30. The molecule has 7 nitrogen and oxygen atoms in total. The van der Waals surface area contributed by atoms with Gasteiger partial charge in [0.15, 0.2) is 5.82 Å². The summed E-state index contributed by atoms with van der Waals surface area (Å²) in [6.07, 6.45) is 3.43. The Morgan fingerprint density at radius 1 is 1.07 bits per heavy atom. The van der Waals surface area contributed by atoms with Crippen molar-refractivity contribution in [3.63, 3.8) is 0 Å². The Kier molecular flexibility index (Phi) is 4.81. The zero-order valence-electron chi connectivity index (χ0n) is 15.4. The van der Waals surface area contributed by atoms with E-state index in [9.17, 15) is 0 Å². The van der Waals surface area contributed by atoms with E-state index in [4.69, 9.17) is 4.84 Å². The minimum Gasteiger partial charge on any atom is -0.275 e. The third-order valence-corrected chi connectivity index (χ3v) is 6.11. The molecule has 1 atom stereocenters. The molecule has 1 unspecified atom stereocenters. The predicted molar refractivity (Wildman–Crippen MR) is 108 cm³/mol. The van der Waals surface area contributed by atoms with Crippen LogP contribution < -0.4 is 5.06 Å². The summed E-state index contributed by atoms with van der Waals surface area (Å²) in [5.74, 6) is 0.693. The molecule has 1 aromatic carbocycles. The monoisotopic (exact) mass is 398 g/mol. The molecule has 3 aromatic heterocycles. The fourth-order valence-corrected chi connectivity index (χ4v) is 4.34. The van der Waals surface area contributed by atoms with Crippen molar-refractivity contribution in [2.24, 2.45) is 0 Å². The topological polar surface area (TPSA) is 76.9 Å². The van der Waals surface area contributed by atoms with Gasteiger partial charge in [-0.15, -0.1) is 21.5 Å². The van der Waals surface area contributed by atoms with E-state index in [0.29, 0.717) is 5.82 Å². The van der Waals surface area contributed by atoms with Gasteiger partial charge in [0.2, 0.25) is 0 Å². The molecule has 0 aliphatic carbocycles. The van der Waals surface area contributed by atoms with Gasteiger partial charge in [-0.05, 0) is 39.0 Å². The van der Waals surface area contributed by atoms with E-state index in [1.165, 1.54) is 4.88 Å². The van der Waals surface area contributed by atoms with Gasteiger partial charge in [-0.25, -0.2) is 20.0 Å². The molecule has 3 heterocycles. The van der Waals surface area contributed by atoms with Crippen LogP contribution in [0, 0.1) is 13.8 Å². The molecule has 138 valence electrons. The van der Waals surface area contributed by atoms with Gasteiger partial charge in [0, 0.05) is 22.0 Å². The fourth-order valence-electron chi connectivity index (χ4n) is 2.85. The van der Waals surface area contributed by atoms with Crippen LogP contribution in [0.25, 0.3) is 21.5 Å². The number of hydroxylamine groups is 1. The number of benzene rings is 1. The van der Waals surface area contributed by atoms with Crippen molar-refractivity contribution in [3.8, 4) is 10.6 Å². The highest BCUT2D eigenvalue weighted by Crippen LogP contribution is 2.34. The Hall–Kier alpha value is -2.49. The van der Waals surface area contributed by atoms with Crippen molar-refractivity contribution >= 4 is 39.4 Å². The van der Waals surface area contributed by atoms with Gasteiger partial charge in [0.05, 0.1) is 12.6 Å². The summed E-state index contributed by atoms with van der Waals surface area (Å²) in [6.45, 7) is 6.01. The van der Waals surface area contributed by atoms with Crippen molar-refractivity contribution in [2.45, 2.75) is 26.8 Å². The Morgan fingerprint density at radius 3 is 2.59 bits per heavy atom. The highest BCUT2D eigenvalue weighted by Gasteiger charge is 2.23. The Bertz CT molecular complexity index is 1090. The van der Waals surface area contributed by atoms with E-state index >= 15 is 0 Å². The van der Waals surface area contributed by atoms with Crippen LogP contribution in [0.1, 0.15) is 27.9 Å². The van der Waals surface area contributed by atoms with E-state index in [1.807, 2.05) is 32.2 Å². The summed E-state index contributed by atoms with van der Waals surface area (Å²) in [7, 11) is 1.63. The van der Waals surface area contributed by atoms with Gasteiger partial charge >= 0.3 is 0 Å². The summed E-state index contributed by atoms with van der Waals surface area (Å²) in [5.41, 5.74) is 1.88. The minimum atomic E-state index is -0.134. The largest absolute Gasteiger partial charge is 0.275 e. The van der Waals surface area contributed by atoms with Crippen LogP contribution in [0.15, 0.2) is 30.7 Å². The van der Waals surface area contributed by atoms with Crippen LogP contribution in [-0.2, 0) is 4.84 Å². The second kappa shape index (κ2) is 7.26.